The lowest BCUT2D eigenvalue weighted by atomic mass is 10.1. The first-order valence-electron chi connectivity index (χ1n) is 9.52. The molecule has 0 aromatic heterocycles. The monoisotopic (exact) mass is 374 g/mol. The van der Waals surface area contributed by atoms with E-state index in [4.69, 9.17) is 9.84 Å². The summed E-state index contributed by atoms with van der Waals surface area (Å²) in [6.45, 7) is 1.54. The average Bonchev–Trinajstić information content (AvgIpc) is 3.20. The van der Waals surface area contributed by atoms with Crippen molar-refractivity contribution in [2.45, 2.75) is 44.8 Å². The zero-order valence-corrected chi connectivity index (χ0v) is 15.4. The van der Waals surface area contributed by atoms with Gasteiger partial charge in [0.05, 0.1) is 19.1 Å². The molecule has 1 saturated heterocycles. The molecule has 1 saturated carbocycles. The van der Waals surface area contributed by atoms with Gasteiger partial charge in [-0.3, -0.25) is 14.4 Å². The third-order valence-corrected chi connectivity index (χ3v) is 5.22. The van der Waals surface area contributed by atoms with E-state index >= 15 is 0 Å². The molecule has 0 radical (unpaired) electrons. The number of benzene rings is 1. The van der Waals surface area contributed by atoms with Crippen molar-refractivity contribution in [3.05, 3.63) is 35.4 Å². The van der Waals surface area contributed by atoms with E-state index in [1.54, 1.807) is 17.0 Å². The first-order chi connectivity index (χ1) is 13.0. The maximum Gasteiger partial charge on any atom is 0.306 e. The fourth-order valence-electron chi connectivity index (χ4n) is 3.69. The van der Waals surface area contributed by atoms with E-state index in [-0.39, 0.29) is 30.7 Å². The molecule has 1 aromatic carbocycles. The molecule has 3 rings (SSSR count). The molecule has 2 amide bonds. The minimum absolute atomic E-state index is 0.108. The van der Waals surface area contributed by atoms with Crippen molar-refractivity contribution in [3.63, 3.8) is 0 Å². The number of nitrogens with one attached hydrogen (secondary N) is 1. The quantitative estimate of drug-likeness (QED) is 0.792. The smallest absolute Gasteiger partial charge is 0.306 e. The van der Waals surface area contributed by atoms with E-state index in [0.717, 1.165) is 31.2 Å². The van der Waals surface area contributed by atoms with Crippen molar-refractivity contribution >= 4 is 17.8 Å². The highest BCUT2D eigenvalue weighted by molar-refractivity contribution is 5.94. The minimum Gasteiger partial charge on any atom is -0.481 e. The van der Waals surface area contributed by atoms with Gasteiger partial charge in [0.15, 0.2) is 0 Å². The highest BCUT2D eigenvalue weighted by atomic mass is 16.5. The van der Waals surface area contributed by atoms with Crippen LogP contribution in [0, 0.1) is 5.92 Å². The number of carboxylic acid groups (broad SMARTS) is 1. The second kappa shape index (κ2) is 8.99. The highest BCUT2D eigenvalue weighted by Crippen LogP contribution is 2.24. The van der Waals surface area contributed by atoms with Crippen LogP contribution in [-0.4, -0.2) is 53.6 Å². The lowest BCUT2D eigenvalue weighted by Gasteiger charge is -2.32. The third-order valence-electron chi connectivity index (χ3n) is 5.22. The van der Waals surface area contributed by atoms with Crippen LogP contribution in [-0.2, 0) is 20.9 Å². The number of rotatable bonds is 6. The van der Waals surface area contributed by atoms with E-state index in [0.29, 0.717) is 25.3 Å². The van der Waals surface area contributed by atoms with Gasteiger partial charge >= 0.3 is 5.97 Å². The topological polar surface area (TPSA) is 95.9 Å². The van der Waals surface area contributed by atoms with Crippen molar-refractivity contribution in [1.82, 2.24) is 10.2 Å². The molecule has 2 fully saturated rings. The molecule has 7 nitrogen and oxygen atoms in total. The second-order valence-electron chi connectivity index (χ2n) is 7.24. The number of morpholine rings is 1. The van der Waals surface area contributed by atoms with Crippen LogP contribution in [0.2, 0.25) is 0 Å². The SMILES string of the molecule is O=C(O)CC1CN(C(=O)c2ccc(CNC(=O)C3CCCC3)cc2)CCO1. The number of carbonyl (C=O) groups excluding carboxylic acids is 2. The van der Waals surface area contributed by atoms with Crippen LogP contribution in [0.1, 0.15) is 48.0 Å². The summed E-state index contributed by atoms with van der Waals surface area (Å²) in [6, 6.07) is 7.19. The van der Waals surface area contributed by atoms with Crippen molar-refractivity contribution in [2.75, 3.05) is 19.7 Å². The maximum atomic E-state index is 12.6. The Labute approximate surface area is 158 Å². The Morgan fingerprint density at radius 1 is 1.15 bits per heavy atom. The summed E-state index contributed by atoms with van der Waals surface area (Å²) in [5.41, 5.74) is 1.50. The maximum absolute atomic E-state index is 12.6. The normalized spacial score (nSPS) is 20.4. The summed E-state index contributed by atoms with van der Waals surface area (Å²) in [5.74, 6) is -0.801. The van der Waals surface area contributed by atoms with E-state index in [1.807, 2.05) is 12.1 Å². The zero-order chi connectivity index (χ0) is 19.2. The Morgan fingerprint density at radius 2 is 1.85 bits per heavy atom. The summed E-state index contributed by atoms with van der Waals surface area (Å²) < 4.78 is 5.41. The first-order valence-corrected chi connectivity index (χ1v) is 9.52. The largest absolute Gasteiger partial charge is 0.481 e. The zero-order valence-electron chi connectivity index (χ0n) is 15.4. The second-order valence-corrected chi connectivity index (χ2v) is 7.24. The van der Waals surface area contributed by atoms with Gasteiger partial charge in [-0.2, -0.15) is 0 Å². The summed E-state index contributed by atoms with van der Waals surface area (Å²) >= 11 is 0. The van der Waals surface area contributed by atoms with Gasteiger partial charge in [-0.1, -0.05) is 25.0 Å². The molecule has 27 heavy (non-hydrogen) atoms. The summed E-state index contributed by atoms with van der Waals surface area (Å²) in [6.07, 6.45) is 3.63. The molecule has 1 aromatic rings. The highest BCUT2D eigenvalue weighted by Gasteiger charge is 2.26. The predicted octanol–water partition coefficient (Wildman–Crippen LogP) is 1.81. The first kappa shape index (κ1) is 19.4. The molecule has 7 heteroatoms. The molecule has 1 atom stereocenters. The summed E-state index contributed by atoms with van der Waals surface area (Å²) in [7, 11) is 0. The molecule has 2 N–H and O–H groups in total. The van der Waals surface area contributed by atoms with E-state index in [2.05, 4.69) is 5.32 Å². The Bertz CT molecular complexity index is 682. The molecule has 1 heterocycles. The molecule has 2 aliphatic rings. The van der Waals surface area contributed by atoms with Gasteiger partial charge in [0.1, 0.15) is 0 Å². The average molecular weight is 374 g/mol. The Kier molecular flexibility index (Phi) is 6.45. The molecule has 1 aliphatic carbocycles. The molecule has 1 unspecified atom stereocenters. The van der Waals surface area contributed by atoms with Crippen LogP contribution < -0.4 is 5.32 Å². The minimum atomic E-state index is -0.932. The van der Waals surface area contributed by atoms with Gasteiger partial charge < -0.3 is 20.1 Å². The number of nitrogens with zero attached hydrogens (tertiary/aromatic N) is 1. The van der Waals surface area contributed by atoms with Gasteiger partial charge in [-0.15, -0.1) is 0 Å². The van der Waals surface area contributed by atoms with E-state index in [1.165, 1.54) is 0 Å². The fraction of sp³-hybridized carbons (Fsp3) is 0.550. The van der Waals surface area contributed by atoms with Crippen LogP contribution >= 0.6 is 0 Å². The Balaban J connectivity index is 1.52. The number of carbonyl (C=O) groups is 3. The fourth-order valence-corrected chi connectivity index (χ4v) is 3.69. The molecule has 0 spiro atoms. The van der Waals surface area contributed by atoms with Crippen LogP contribution in [0.15, 0.2) is 24.3 Å². The number of hydrogen-bond acceptors (Lipinski definition) is 4. The molecule has 146 valence electrons. The summed E-state index contributed by atoms with van der Waals surface area (Å²) in [5, 5.41) is 11.9. The lowest BCUT2D eigenvalue weighted by molar-refractivity contribution is -0.141. The standard InChI is InChI=1S/C20H26N2O5/c23-18(24)11-17-13-22(9-10-27-17)20(26)16-7-5-14(6-8-16)12-21-19(25)15-3-1-2-4-15/h5-8,15,17H,1-4,9-13H2,(H,21,25)(H,23,24). The number of hydrogen-bond donors (Lipinski definition) is 2. The van der Waals surface area contributed by atoms with Gasteiger partial charge in [0.2, 0.25) is 5.91 Å². The third kappa shape index (κ3) is 5.29. The molecule has 0 bridgehead atoms. The van der Waals surface area contributed by atoms with E-state index < -0.39 is 12.1 Å². The van der Waals surface area contributed by atoms with Crippen LogP contribution in [0.5, 0.6) is 0 Å². The van der Waals surface area contributed by atoms with Crippen molar-refractivity contribution in [2.24, 2.45) is 5.92 Å². The lowest BCUT2D eigenvalue weighted by Crippen LogP contribution is -2.46. The van der Waals surface area contributed by atoms with Crippen LogP contribution in [0.3, 0.4) is 0 Å². The number of carboxylic acids is 1. The molecular formula is C20H26N2O5. The number of amides is 2. The number of aliphatic carboxylic acids is 1. The molecular weight excluding hydrogens is 348 g/mol. The van der Waals surface area contributed by atoms with Gasteiger partial charge in [0, 0.05) is 31.1 Å². The number of ether oxygens (including phenoxy) is 1. The van der Waals surface area contributed by atoms with Gasteiger partial charge in [0.25, 0.3) is 5.91 Å². The Hall–Kier alpha value is -2.41. The predicted molar refractivity (Wildman–Crippen MR) is 98.1 cm³/mol. The van der Waals surface area contributed by atoms with Gasteiger partial charge in [-0.05, 0) is 30.5 Å². The van der Waals surface area contributed by atoms with Crippen molar-refractivity contribution in [1.29, 1.82) is 0 Å². The molecule has 1 aliphatic heterocycles. The Morgan fingerprint density at radius 3 is 2.52 bits per heavy atom. The van der Waals surface area contributed by atoms with Crippen LogP contribution in [0.25, 0.3) is 0 Å². The van der Waals surface area contributed by atoms with Crippen LogP contribution in [0.4, 0.5) is 0 Å². The van der Waals surface area contributed by atoms with Crippen molar-refractivity contribution in [3.8, 4) is 0 Å². The van der Waals surface area contributed by atoms with Crippen molar-refractivity contribution < 1.29 is 24.2 Å². The van der Waals surface area contributed by atoms with Gasteiger partial charge in [-0.25, -0.2) is 0 Å². The van der Waals surface area contributed by atoms with E-state index in [9.17, 15) is 14.4 Å². The summed E-state index contributed by atoms with van der Waals surface area (Å²) in [4.78, 5) is 37.2.